The van der Waals surface area contributed by atoms with E-state index in [0.29, 0.717) is 0 Å². The minimum Gasteiger partial charge on any atom is -0.493 e. The van der Waals surface area contributed by atoms with E-state index in [2.05, 4.69) is 17.0 Å². The summed E-state index contributed by atoms with van der Waals surface area (Å²) >= 11 is 0. The maximum Gasteiger partial charge on any atom is 0.161 e. The molecule has 0 aliphatic carbocycles. The molecule has 0 saturated heterocycles. The first-order valence-corrected chi connectivity index (χ1v) is 6.94. The van der Waals surface area contributed by atoms with E-state index in [9.17, 15) is 0 Å². The summed E-state index contributed by atoms with van der Waals surface area (Å²) in [6.45, 7) is 4.04. The van der Waals surface area contributed by atoms with E-state index < -0.39 is 0 Å². The van der Waals surface area contributed by atoms with Gasteiger partial charge in [0, 0.05) is 13.1 Å². The predicted octanol–water partition coefficient (Wildman–Crippen LogP) is 2.22. The lowest BCUT2D eigenvalue weighted by Gasteiger charge is -2.29. The van der Waals surface area contributed by atoms with Crippen LogP contribution < -0.4 is 15.2 Å². The molecule has 0 radical (unpaired) electrons. The molecule has 1 aromatic rings. The highest BCUT2D eigenvalue weighted by Gasteiger charge is 2.18. The third-order valence-corrected chi connectivity index (χ3v) is 3.73. The van der Waals surface area contributed by atoms with Crippen molar-refractivity contribution in [2.24, 2.45) is 5.73 Å². The largest absolute Gasteiger partial charge is 0.493 e. The molecule has 0 unspecified atom stereocenters. The molecule has 0 bridgehead atoms. The van der Waals surface area contributed by atoms with E-state index >= 15 is 0 Å². The number of hydrogen-bond donors (Lipinski definition) is 1. The second-order valence-electron chi connectivity index (χ2n) is 5.00. The van der Waals surface area contributed by atoms with Gasteiger partial charge in [-0.1, -0.05) is 0 Å². The van der Waals surface area contributed by atoms with Crippen LogP contribution in [0.5, 0.6) is 11.5 Å². The number of ether oxygens (including phenoxy) is 2. The summed E-state index contributed by atoms with van der Waals surface area (Å²) in [5.74, 6) is 1.66. The minimum absolute atomic E-state index is 0. The quantitative estimate of drug-likeness (QED) is 0.819. The summed E-state index contributed by atoms with van der Waals surface area (Å²) in [4.78, 5) is 2.49. The Hall–Kier alpha value is -0.970. The van der Waals surface area contributed by atoms with Crippen LogP contribution in [0, 0.1) is 0 Å². The van der Waals surface area contributed by atoms with E-state index in [0.717, 1.165) is 50.5 Å². The molecule has 114 valence electrons. The second kappa shape index (κ2) is 8.35. The van der Waals surface area contributed by atoms with Gasteiger partial charge in [0.1, 0.15) is 0 Å². The Morgan fingerprint density at radius 1 is 1.10 bits per heavy atom. The summed E-state index contributed by atoms with van der Waals surface area (Å²) in [6, 6.07) is 4.23. The molecule has 4 nitrogen and oxygen atoms in total. The second-order valence-corrected chi connectivity index (χ2v) is 5.00. The van der Waals surface area contributed by atoms with Crippen LogP contribution >= 0.6 is 12.4 Å². The first-order chi connectivity index (χ1) is 9.28. The van der Waals surface area contributed by atoms with E-state index in [1.165, 1.54) is 17.5 Å². The van der Waals surface area contributed by atoms with Crippen LogP contribution in [0.3, 0.4) is 0 Å². The van der Waals surface area contributed by atoms with Crippen LogP contribution in [0.2, 0.25) is 0 Å². The summed E-state index contributed by atoms with van der Waals surface area (Å²) in [6.07, 6.45) is 3.37. The third kappa shape index (κ3) is 4.01. The lowest BCUT2D eigenvalue weighted by Crippen LogP contribution is -2.31. The number of nitrogens with zero attached hydrogens (tertiary/aromatic N) is 1. The fraction of sp³-hybridized carbons (Fsp3) is 0.600. The number of methoxy groups -OCH3 is 2. The molecule has 0 spiro atoms. The molecule has 2 N–H and O–H groups in total. The van der Waals surface area contributed by atoms with Crippen molar-refractivity contribution in [1.29, 1.82) is 0 Å². The van der Waals surface area contributed by atoms with Crippen LogP contribution in [0.15, 0.2) is 12.1 Å². The Morgan fingerprint density at radius 2 is 1.75 bits per heavy atom. The van der Waals surface area contributed by atoms with Crippen LogP contribution in [0.4, 0.5) is 0 Å². The van der Waals surface area contributed by atoms with Crippen molar-refractivity contribution in [1.82, 2.24) is 4.90 Å². The van der Waals surface area contributed by atoms with Crippen LogP contribution in [-0.2, 0) is 13.0 Å². The number of unbranched alkanes of at least 4 members (excludes halogenated alkanes) is 1. The number of hydrogen-bond acceptors (Lipinski definition) is 4. The molecular formula is C15H25ClN2O2. The molecule has 2 rings (SSSR count). The highest BCUT2D eigenvalue weighted by molar-refractivity contribution is 5.85. The van der Waals surface area contributed by atoms with E-state index in [-0.39, 0.29) is 12.4 Å². The van der Waals surface area contributed by atoms with Crippen molar-refractivity contribution < 1.29 is 9.47 Å². The van der Waals surface area contributed by atoms with Gasteiger partial charge in [-0.15, -0.1) is 12.4 Å². The normalized spacial score (nSPS) is 14.3. The average Bonchev–Trinajstić information content (AvgIpc) is 2.46. The lowest BCUT2D eigenvalue weighted by molar-refractivity contribution is 0.248. The molecule has 0 aromatic heterocycles. The number of rotatable bonds is 6. The Kier molecular flexibility index (Phi) is 7.13. The Bertz CT molecular complexity index is 427. The van der Waals surface area contributed by atoms with Crippen molar-refractivity contribution in [2.75, 3.05) is 33.9 Å². The third-order valence-electron chi connectivity index (χ3n) is 3.73. The highest BCUT2D eigenvalue weighted by atomic mass is 35.5. The Labute approximate surface area is 127 Å². The standard InChI is InChI=1S/C15H24N2O2.ClH/c1-18-14-9-12-5-8-17(7-4-3-6-16)11-13(12)10-15(14)19-2;/h9-10H,3-8,11,16H2,1-2H3;1H. The zero-order valence-electron chi connectivity index (χ0n) is 12.4. The predicted molar refractivity (Wildman–Crippen MR) is 84.1 cm³/mol. The monoisotopic (exact) mass is 300 g/mol. The van der Waals surface area contributed by atoms with E-state index in [1.807, 2.05) is 0 Å². The fourth-order valence-electron chi connectivity index (χ4n) is 2.61. The van der Waals surface area contributed by atoms with Crippen molar-refractivity contribution in [3.63, 3.8) is 0 Å². The zero-order chi connectivity index (χ0) is 13.7. The first kappa shape index (κ1) is 17.1. The average molecular weight is 301 g/mol. The van der Waals surface area contributed by atoms with Gasteiger partial charge in [0.05, 0.1) is 14.2 Å². The Morgan fingerprint density at radius 3 is 2.35 bits per heavy atom. The van der Waals surface area contributed by atoms with Crippen LogP contribution in [0.25, 0.3) is 0 Å². The zero-order valence-corrected chi connectivity index (χ0v) is 13.2. The SMILES string of the molecule is COc1cc2c(cc1OC)CN(CCCCN)CC2.Cl. The molecule has 5 heteroatoms. The van der Waals surface area contributed by atoms with Gasteiger partial charge in [-0.2, -0.15) is 0 Å². The van der Waals surface area contributed by atoms with Crippen molar-refractivity contribution in [3.8, 4) is 11.5 Å². The smallest absolute Gasteiger partial charge is 0.161 e. The number of benzene rings is 1. The molecular weight excluding hydrogens is 276 g/mol. The minimum atomic E-state index is 0. The number of halogens is 1. The van der Waals surface area contributed by atoms with E-state index in [4.69, 9.17) is 15.2 Å². The number of fused-ring (bicyclic) bond motifs is 1. The summed E-state index contributed by atoms with van der Waals surface area (Å²) in [7, 11) is 3.37. The van der Waals surface area contributed by atoms with Crippen LogP contribution in [-0.4, -0.2) is 38.8 Å². The summed E-state index contributed by atoms with van der Waals surface area (Å²) in [5.41, 5.74) is 8.28. The van der Waals surface area contributed by atoms with Gasteiger partial charge >= 0.3 is 0 Å². The van der Waals surface area contributed by atoms with Gasteiger partial charge in [-0.05, 0) is 55.6 Å². The van der Waals surface area contributed by atoms with E-state index in [1.54, 1.807) is 14.2 Å². The molecule has 1 aromatic carbocycles. The molecule has 20 heavy (non-hydrogen) atoms. The van der Waals surface area contributed by atoms with Crippen molar-refractivity contribution >= 4 is 12.4 Å². The lowest BCUT2D eigenvalue weighted by atomic mass is 9.98. The summed E-state index contributed by atoms with van der Waals surface area (Å²) < 4.78 is 10.7. The first-order valence-electron chi connectivity index (χ1n) is 6.94. The molecule has 0 fully saturated rings. The maximum absolute atomic E-state index is 5.54. The molecule has 1 aliphatic heterocycles. The van der Waals surface area contributed by atoms with Crippen molar-refractivity contribution in [2.45, 2.75) is 25.8 Å². The number of nitrogens with two attached hydrogens (primary N) is 1. The Balaban J connectivity index is 0.00000200. The maximum atomic E-state index is 5.54. The van der Waals surface area contributed by atoms with Crippen LogP contribution in [0.1, 0.15) is 24.0 Å². The van der Waals surface area contributed by atoms with Gasteiger partial charge in [-0.3, -0.25) is 4.90 Å². The van der Waals surface area contributed by atoms with Gasteiger partial charge in [0.15, 0.2) is 11.5 Å². The van der Waals surface area contributed by atoms with Gasteiger partial charge < -0.3 is 15.2 Å². The topological polar surface area (TPSA) is 47.7 Å². The molecule has 1 aliphatic rings. The highest BCUT2D eigenvalue weighted by Crippen LogP contribution is 2.33. The van der Waals surface area contributed by atoms with Crippen molar-refractivity contribution in [3.05, 3.63) is 23.3 Å². The molecule has 0 saturated carbocycles. The fourth-order valence-corrected chi connectivity index (χ4v) is 2.61. The summed E-state index contributed by atoms with van der Waals surface area (Å²) in [5, 5.41) is 0. The van der Waals surface area contributed by atoms with Gasteiger partial charge in [-0.25, -0.2) is 0 Å². The van der Waals surface area contributed by atoms with Gasteiger partial charge in [0.25, 0.3) is 0 Å². The molecule has 1 heterocycles. The molecule has 0 atom stereocenters. The van der Waals surface area contributed by atoms with Gasteiger partial charge in [0.2, 0.25) is 0 Å². The molecule has 0 amide bonds.